The van der Waals surface area contributed by atoms with Crippen LogP contribution in [0.5, 0.6) is 0 Å². The van der Waals surface area contributed by atoms with Gasteiger partial charge in [-0.05, 0) is 42.2 Å². The van der Waals surface area contributed by atoms with Crippen molar-refractivity contribution in [1.82, 2.24) is 0 Å². The highest BCUT2D eigenvalue weighted by molar-refractivity contribution is 6.13. The molecule has 1 aliphatic rings. The average Bonchev–Trinajstić information content (AvgIpc) is 3.03. The Labute approximate surface area is 140 Å². The fourth-order valence-corrected chi connectivity index (χ4v) is 2.95. The Morgan fingerprint density at radius 1 is 1.12 bits per heavy atom. The van der Waals surface area contributed by atoms with Gasteiger partial charge >= 0.3 is 5.97 Å². The third-order valence-electron chi connectivity index (χ3n) is 4.55. The molecule has 1 N–H and O–H groups in total. The summed E-state index contributed by atoms with van der Waals surface area (Å²) >= 11 is 0. The second kappa shape index (κ2) is 6.09. The number of carbonyl (C=O) groups is 2. The summed E-state index contributed by atoms with van der Waals surface area (Å²) in [5.41, 5.74) is 2.10. The van der Waals surface area contributed by atoms with Gasteiger partial charge in [0.05, 0.1) is 0 Å². The Bertz CT molecular complexity index is 787. The molecule has 0 spiro atoms. The van der Waals surface area contributed by atoms with E-state index in [9.17, 15) is 14.7 Å². The monoisotopic (exact) mass is 325 g/mol. The first-order chi connectivity index (χ1) is 11.5. The molecular weight excluding hydrogens is 306 g/mol. The Balaban J connectivity index is 1.94. The molecule has 24 heavy (non-hydrogen) atoms. The number of methoxy groups -OCH3 is 1. The number of benzene rings is 2. The molecule has 5 heteroatoms. The molecular formula is C19H19NO4. The molecule has 124 valence electrons. The number of aliphatic carboxylic acids is 1. The van der Waals surface area contributed by atoms with E-state index in [1.807, 2.05) is 42.5 Å². The lowest BCUT2D eigenvalue weighted by atomic mass is 10.0. The molecule has 0 fully saturated rings. The van der Waals surface area contributed by atoms with E-state index in [0.717, 1.165) is 22.4 Å². The molecule has 2 aromatic carbocycles. The highest BCUT2D eigenvalue weighted by Gasteiger charge is 2.46. The summed E-state index contributed by atoms with van der Waals surface area (Å²) in [6.45, 7) is 1.74. The average molecular weight is 325 g/mol. The van der Waals surface area contributed by atoms with Gasteiger partial charge in [-0.15, -0.1) is 0 Å². The van der Waals surface area contributed by atoms with Crippen molar-refractivity contribution in [3.63, 3.8) is 0 Å². The van der Waals surface area contributed by atoms with Gasteiger partial charge in [0.15, 0.2) is 0 Å². The number of rotatable bonds is 4. The quantitative estimate of drug-likeness (QED) is 0.878. The van der Waals surface area contributed by atoms with Crippen LogP contribution in [0.25, 0.3) is 11.1 Å². The molecule has 5 nitrogen and oxygen atoms in total. The van der Waals surface area contributed by atoms with Gasteiger partial charge < -0.3 is 14.7 Å². The van der Waals surface area contributed by atoms with Crippen molar-refractivity contribution in [2.24, 2.45) is 0 Å². The molecule has 0 saturated heterocycles. The molecule has 2 aromatic rings. The minimum atomic E-state index is -1.88. The zero-order valence-electron chi connectivity index (χ0n) is 13.7. The van der Waals surface area contributed by atoms with E-state index in [1.165, 1.54) is 18.9 Å². The predicted molar refractivity (Wildman–Crippen MR) is 91.0 cm³/mol. The number of nitrogens with zero attached hydrogens (tertiary/aromatic N) is 1. The normalized spacial score (nSPS) is 15.7. The SMILES string of the molecule is COC(C)(C(=O)O)C(=O)N1CCc2cc(-c3ccccc3)ccc21. The number of hydrogen-bond donors (Lipinski definition) is 1. The first-order valence-corrected chi connectivity index (χ1v) is 7.76. The van der Waals surface area contributed by atoms with E-state index < -0.39 is 17.5 Å². The fraction of sp³-hybridized carbons (Fsp3) is 0.263. The summed E-state index contributed by atoms with van der Waals surface area (Å²) in [5.74, 6) is -1.84. The number of fused-ring (bicyclic) bond motifs is 1. The number of amides is 1. The summed E-state index contributed by atoms with van der Waals surface area (Å²) in [6.07, 6.45) is 0.696. The summed E-state index contributed by atoms with van der Waals surface area (Å²) < 4.78 is 4.99. The van der Waals surface area contributed by atoms with Gasteiger partial charge in [-0.3, -0.25) is 4.79 Å². The fourth-order valence-electron chi connectivity index (χ4n) is 2.95. The molecule has 1 aliphatic heterocycles. The molecule has 1 heterocycles. The van der Waals surface area contributed by atoms with E-state index in [2.05, 4.69) is 6.07 Å². The van der Waals surface area contributed by atoms with E-state index in [4.69, 9.17) is 4.74 Å². The first kappa shape index (κ1) is 16.2. The molecule has 1 amide bonds. The van der Waals surface area contributed by atoms with Crippen molar-refractivity contribution in [3.8, 4) is 11.1 Å². The number of ether oxygens (including phenoxy) is 1. The Hall–Kier alpha value is -2.66. The van der Waals surface area contributed by atoms with Crippen molar-refractivity contribution in [3.05, 3.63) is 54.1 Å². The van der Waals surface area contributed by atoms with Crippen LogP contribution >= 0.6 is 0 Å². The van der Waals surface area contributed by atoms with Gasteiger partial charge in [0.25, 0.3) is 5.91 Å². The smallest absolute Gasteiger partial charge is 0.345 e. The van der Waals surface area contributed by atoms with Crippen molar-refractivity contribution in [2.75, 3.05) is 18.6 Å². The van der Waals surface area contributed by atoms with Crippen LogP contribution in [-0.2, 0) is 20.7 Å². The van der Waals surface area contributed by atoms with Crippen LogP contribution in [0.2, 0.25) is 0 Å². The summed E-state index contributed by atoms with van der Waals surface area (Å²) in [7, 11) is 1.24. The van der Waals surface area contributed by atoms with Gasteiger partial charge in [-0.2, -0.15) is 0 Å². The van der Waals surface area contributed by atoms with E-state index in [0.29, 0.717) is 13.0 Å². The van der Waals surface area contributed by atoms with Gasteiger partial charge in [0.1, 0.15) is 0 Å². The molecule has 0 aliphatic carbocycles. The third kappa shape index (κ3) is 2.57. The second-order valence-electron chi connectivity index (χ2n) is 5.96. The summed E-state index contributed by atoms with van der Waals surface area (Å²) in [5, 5.41) is 9.33. The maximum absolute atomic E-state index is 12.7. The van der Waals surface area contributed by atoms with Crippen LogP contribution in [0.15, 0.2) is 48.5 Å². The van der Waals surface area contributed by atoms with Gasteiger partial charge in [0.2, 0.25) is 5.60 Å². The Morgan fingerprint density at radius 3 is 2.46 bits per heavy atom. The summed E-state index contributed by atoms with van der Waals surface area (Å²) in [4.78, 5) is 25.6. The lowest BCUT2D eigenvalue weighted by molar-refractivity contribution is -0.166. The molecule has 1 unspecified atom stereocenters. The largest absolute Gasteiger partial charge is 0.479 e. The van der Waals surface area contributed by atoms with Crippen LogP contribution < -0.4 is 4.90 Å². The number of anilines is 1. The van der Waals surface area contributed by atoms with E-state index >= 15 is 0 Å². The minimum Gasteiger partial charge on any atom is -0.479 e. The zero-order valence-corrected chi connectivity index (χ0v) is 13.7. The number of hydrogen-bond acceptors (Lipinski definition) is 3. The predicted octanol–water partition coefficient (Wildman–Crippen LogP) is 2.73. The Kier molecular flexibility index (Phi) is 4.11. The highest BCUT2D eigenvalue weighted by atomic mass is 16.5. The molecule has 0 bridgehead atoms. The highest BCUT2D eigenvalue weighted by Crippen LogP contribution is 2.34. The third-order valence-corrected chi connectivity index (χ3v) is 4.55. The Morgan fingerprint density at radius 2 is 1.83 bits per heavy atom. The topological polar surface area (TPSA) is 66.8 Å². The van der Waals surface area contributed by atoms with Crippen LogP contribution in [0, 0.1) is 0 Å². The van der Waals surface area contributed by atoms with Crippen molar-refractivity contribution >= 4 is 17.6 Å². The van der Waals surface area contributed by atoms with Crippen molar-refractivity contribution in [1.29, 1.82) is 0 Å². The molecule has 0 saturated carbocycles. The molecule has 0 radical (unpaired) electrons. The standard InChI is InChI=1S/C19H19NO4/c1-19(24-2,18(22)23)17(21)20-11-10-15-12-14(8-9-16(15)20)13-6-4-3-5-7-13/h3-9,12H,10-11H2,1-2H3,(H,22,23). The van der Waals surface area contributed by atoms with Crippen molar-refractivity contribution < 1.29 is 19.4 Å². The van der Waals surface area contributed by atoms with Crippen molar-refractivity contribution in [2.45, 2.75) is 18.9 Å². The lowest BCUT2D eigenvalue weighted by Crippen LogP contribution is -2.53. The van der Waals surface area contributed by atoms with Gasteiger partial charge in [0, 0.05) is 19.3 Å². The summed E-state index contributed by atoms with van der Waals surface area (Å²) in [6, 6.07) is 15.9. The van der Waals surface area contributed by atoms with Gasteiger partial charge in [-0.25, -0.2) is 4.79 Å². The van der Waals surface area contributed by atoms with E-state index in [-0.39, 0.29) is 0 Å². The number of carbonyl (C=O) groups excluding carboxylic acids is 1. The van der Waals surface area contributed by atoms with Gasteiger partial charge in [-0.1, -0.05) is 36.4 Å². The van der Waals surface area contributed by atoms with Crippen LogP contribution in [0.4, 0.5) is 5.69 Å². The zero-order chi connectivity index (χ0) is 17.3. The molecule has 3 rings (SSSR count). The molecule has 0 aromatic heterocycles. The second-order valence-corrected chi connectivity index (χ2v) is 5.96. The lowest BCUT2D eigenvalue weighted by Gasteiger charge is -2.28. The van der Waals surface area contributed by atoms with Crippen LogP contribution in [-0.4, -0.2) is 36.2 Å². The van der Waals surface area contributed by atoms with E-state index in [1.54, 1.807) is 0 Å². The maximum atomic E-state index is 12.7. The number of carboxylic acids is 1. The first-order valence-electron chi connectivity index (χ1n) is 7.76. The molecule has 1 atom stereocenters. The minimum absolute atomic E-state index is 0.457. The van der Waals surface area contributed by atoms with Crippen LogP contribution in [0.3, 0.4) is 0 Å². The number of carboxylic acid groups (broad SMARTS) is 1. The maximum Gasteiger partial charge on any atom is 0.345 e. The van der Waals surface area contributed by atoms with Crippen LogP contribution in [0.1, 0.15) is 12.5 Å².